The average Bonchev–Trinajstić information content (AvgIpc) is 2.21. The first-order valence-electron chi connectivity index (χ1n) is 5.17. The van der Waals surface area contributed by atoms with Gasteiger partial charge in [0.15, 0.2) is 9.84 Å². The third-order valence-electron chi connectivity index (χ3n) is 2.52. The lowest BCUT2D eigenvalue weighted by molar-refractivity contribution is 0.516. The third-order valence-corrected chi connectivity index (χ3v) is 4.60. The molecule has 0 spiro atoms. The number of benzene rings is 1. The van der Waals surface area contributed by atoms with Crippen molar-refractivity contribution in [1.29, 1.82) is 0 Å². The second-order valence-corrected chi connectivity index (χ2v) is 6.71. The topological polar surface area (TPSA) is 60.2 Å². The second kappa shape index (κ2) is 5.33. The summed E-state index contributed by atoms with van der Waals surface area (Å²) < 4.78 is 36.8. The summed E-state index contributed by atoms with van der Waals surface area (Å²) in [6.45, 7) is 3.69. The van der Waals surface area contributed by atoms with Crippen molar-refractivity contribution in [3.8, 4) is 0 Å². The number of sulfone groups is 1. The summed E-state index contributed by atoms with van der Waals surface area (Å²) in [6, 6.07) is 2.89. The van der Waals surface area contributed by atoms with Crippen LogP contribution in [0.25, 0.3) is 0 Å². The fraction of sp³-hybridized carbons (Fsp3) is 0.455. The van der Waals surface area contributed by atoms with Crippen molar-refractivity contribution in [2.24, 2.45) is 11.7 Å². The summed E-state index contributed by atoms with van der Waals surface area (Å²) in [4.78, 5) is 0.000000000000000444. The van der Waals surface area contributed by atoms with Crippen LogP contribution in [0.4, 0.5) is 4.39 Å². The van der Waals surface area contributed by atoms with Crippen molar-refractivity contribution >= 4 is 21.4 Å². The first kappa shape index (κ1) is 14.4. The quantitative estimate of drug-likeness (QED) is 0.860. The van der Waals surface area contributed by atoms with E-state index in [4.69, 9.17) is 17.3 Å². The van der Waals surface area contributed by atoms with E-state index in [-0.39, 0.29) is 21.6 Å². The molecule has 6 heteroatoms. The average molecular weight is 280 g/mol. The molecule has 0 aliphatic heterocycles. The van der Waals surface area contributed by atoms with Crippen molar-refractivity contribution < 1.29 is 12.8 Å². The van der Waals surface area contributed by atoms with Crippen LogP contribution in [0.5, 0.6) is 0 Å². The van der Waals surface area contributed by atoms with Crippen molar-refractivity contribution in [3.63, 3.8) is 0 Å². The molecule has 2 N–H and O–H groups in total. The number of rotatable bonds is 4. The fourth-order valence-electron chi connectivity index (χ4n) is 1.21. The molecule has 0 aliphatic rings. The lowest BCUT2D eigenvalue weighted by Gasteiger charge is -2.15. The molecule has 0 bridgehead atoms. The van der Waals surface area contributed by atoms with Crippen LogP contribution < -0.4 is 5.73 Å². The number of halogens is 2. The summed E-state index contributed by atoms with van der Waals surface area (Å²) in [5.74, 6) is -0.758. The molecule has 1 aromatic rings. The van der Waals surface area contributed by atoms with E-state index in [0.29, 0.717) is 0 Å². The van der Waals surface area contributed by atoms with Crippen LogP contribution in [-0.4, -0.2) is 20.2 Å². The molecule has 0 aromatic heterocycles. The molecule has 1 rings (SSSR count). The molecular weight excluding hydrogens is 265 g/mol. The van der Waals surface area contributed by atoms with Gasteiger partial charge in [-0.15, -0.1) is 0 Å². The van der Waals surface area contributed by atoms with E-state index in [2.05, 4.69) is 0 Å². The van der Waals surface area contributed by atoms with Crippen LogP contribution in [0.1, 0.15) is 13.8 Å². The van der Waals surface area contributed by atoms with Crippen LogP contribution >= 0.6 is 11.6 Å². The summed E-state index contributed by atoms with van der Waals surface area (Å²) in [7, 11) is -3.52. The highest BCUT2D eigenvalue weighted by molar-refractivity contribution is 7.91. The van der Waals surface area contributed by atoms with Crippen LogP contribution in [0, 0.1) is 11.7 Å². The number of hydrogen-bond donors (Lipinski definition) is 1. The Kier molecular flexibility index (Phi) is 4.52. The molecule has 0 aliphatic carbocycles. The van der Waals surface area contributed by atoms with E-state index in [1.807, 2.05) is 13.8 Å². The zero-order chi connectivity index (χ0) is 13.2. The van der Waals surface area contributed by atoms with E-state index < -0.39 is 21.7 Å². The minimum Gasteiger partial charge on any atom is -0.327 e. The molecule has 3 nitrogen and oxygen atoms in total. The maximum absolute atomic E-state index is 12.9. The lowest BCUT2D eigenvalue weighted by atomic mass is 10.1. The molecular formula is C11H15ClFNO2S. The maximum Gasteiger partial charge on any atom is 0.179 e. The second-order valence-electron chi connectivity index (χ2n) is 4.27. The largest absolute Gasteiger partial charge is 0.327 e. The van der Waals surface area contributed by atoms with Crippen molar-refractivity contribution in [1.82, 2.24) is 0 Å². The highest BCUT2D eigenvalue weighted by atomic mass is 35.5. The van der Waals surface area contributed by atoms with Gasteiger partial charge >= 0.3 is 0 Å². The molecule has 1 aromatic carbocycles. The van der Waals surface area contributed by atoms with Gasteiger partial charge in [-0.1, -0.05) is 25.4 Å². The first-order chi connectivity index (χ1) is 7.74. The standard InChI is InChI=1S/C11H15ClFNO2S/c1-7(2)11(14)6-17(15,16)8-3-4-10(13)9(12)5-8/h3-5,7,11H,6,14H2,1-2H3. The van der Waals surface area contributed by atoms with Gasteiger partial charge in [0, 0.05) is 6.04 Å². The smallest absolute Gasteiger partial charge is 0.179 e. The predicted molar refractivity (Wildman–Crippen MR) is 66.3 cm³/mol. The Balaban J connectivity index is 3.01. The van der Waals surface area contributed by atoms with Gasteiger partial charge in [0.1, 0.15) is 5.82 Å². The Morgan fingerprint density at radius 3 is 2.47 bits per heavy atom. The van der Waals surface area contributed by atoms with E-state index in [0.717, 1.165) is 12.1 Å². The van der Waals surface area contributed by atoms with Crippen molar-refractivity contribution in [3.05, 3.63) is 29.0 Å². The summed E-state index contributed by atoms with van der Waals surface area (Å²) in [5.41, 5.74) is 5.72. The summed E-state index contributed by atoms with van der Waals surface area (Å²) in [6.07, 6.45) is 0. The molecule has 1 unspecified atom stereocenters. The maximum atomic E-state index is 12.9. The van der Waals surface area contributed by atoms with Gasteiger partial charge in [-0.05, 0) is 24.1 Å². The van der Waals surface area contributed by atoms with Gasteiger partial charge in [-0.25, -0.2) is 12.8 Å². The predicted octanol–water partition coefficient (Wildman–Crippen LogP) is 2.24. The zero-order valence-electron chi connectivity index (χ0n) is 9.65. The Morgan fingerprint density at radius 2 is 2.00 bits per heavy atom. The monoisotopic (exact) mass is 279 g/mol. The van der Waals surface area contributed by atoms with Crippen LogP contribution in [0.2, 0.25) is 5.02 Å². The van der Waals surface area contributed by atoms with Crippen molar-refractivity contribution in [2.45, 2.75) is 24.8 Å². The summed E-state index contributed by atoms with van der Waals surface area (Å²) >= 11 is 5.55. The lowest BCUT2D eigenvalue weighted by Crippen LogP contribution is -2.34. The van der Waals surface area contributed by atoms with E-state index in [1.54, 1.807) is 0 Å². The molecule has 1 atom stereocenters. The zero-order valence-corrected chi connectivity index (χ0v) is 11.2. The number of hydrogen-bond acceptors (Lipinski definition) is 3. The molecule has 17 heavy (non-hydrogen) atoms. The van der Waals surface area contributed by atoms with Crippen LogP contribution in [-0.2, 0) is 9.84 Å². The Labute approximate surface area is 106 Å². The number of nitrogens with two attached hydrogens (primary N) is 1. The van der Waals surface area contributed by atoms with E-state index in [1.165, 1.54) is 6.07 Å². The Bertz CT molecular complexity index is 502. The Hall–Kier alpha value is -0.650. The minimum absolute atomic E-state index is 0.000000000000000444. The van der Waals surface area contributed by atoms with Gasteiger partial charge in [-0.3, -0.25) is 0 Å². The normalized spacial score (nSPS) is 14.0. The minimum atomic E-state index is -3.52. The molecule has 0 amide bonds. The van der Waals surface area contributed by atoms with Gasteiger partial charge < -0.3 is 5.73 Å². The molecule has 0 saturated carbocycles. The molecule has 0 fully saturated rings. The molecule has 0 radical (unpaired) electrons. The van der Waals surface area contributed by atoms with Gasteiger partial charge in [0.05, 0.1) is 15.7 Å². The summed E-state index contributed by atoms with van der Waals surface area (Å²) in [5, 5.41) is -0.204. The Morgan fingerprint density at radius 1 is 1.41 bits per heavy atom. The van der Waals surface area contributed by atoms with E-state index >= 15 is 0 Å². The van der Waals surface area contributed by atoms with Crippen molar-refractivity contribution in [2.75, 3.05) is 5.75 Å². The van der Waals surface area contributed by atoms with E-state index in [9.17, 15) is 12.8 Å². The molecule has 0 saturated heterocycles. The SMILES string of the molecule is CC(C)C(N)CS(=O)(=O)c1ccc(F)c(Cl)c1. The van der Waals surface area contributed by atoms with Gasteiger partial charge in [0.25, 0.3) is 0 Å². The fourth-order valence-corrected chi connectivity index (χ4v) is 3.11. The van der Waals surface area contributed by atoms with Gasteiger partial charge in [-0.2, -0.15) is 0 Å². The molecule has 96 valence electrons. The van der Waals surface area contributed by atoms with Crippen LogP contribution in [0.3, 0.4) is 0 Å². The molecule has 0 heterocycles. The highest BCUT2D eigenvalue weighted by Gasteiger charge is 2.21. The third kappa shape index (κ3) is 3.66. The van der Waals surface area contributed by atoms with Gasteiger partial charge in [0.2, 0.25) is 0 Å². The van der Waals surface area contributed by atoms with Crippen LogP contribution in [0.15, 0.2) is 23.1 Å². The highest BCUT2D eigenvalue weighted by Crippen LogP contribution is 2.21. The first-order valence-corrected chi connectivity index (χ1v) is 7.20.